The van der Waals surface area contributed by atoms with Gasteiger partial charge in [-0.1, -0.05) is 46.3 Å². The summed E-state index contributed by atoms with van der Waals surface area (Å²) in [5.74, 6) is 0. The molecular formula is C16H14BrF3. The molecule has 0 spiro atoms. The lowest BCUT2D eigenvalue weighted by Gasteiger charge is -2.15. The van der Waals surface area contributed by atoms with Crippen molar-refractivity contribution in [3.05, 3.63) is 47.0 Å². The van der Waals surface area contributed by atoms with Crippen molar-refractivity contribution in [1.29, 1.82) is 0 Å². The van der Waals surface area contributed by atoms with E-state index in [9.17, 15) is 13.2 Å². The van der Waals surface area contributed by atoms with E-state index in [0.29, 0.717) is 0 Å². The van der Waals surface area contributed by atoms with E-state index in [4.69, 9.17) is 0 Å². The third-order valence-electron chi connectivity index (χ3n) is 3.93. The van der Waals surface area contributed by atoms with Crippen LogP contribution in [-0.2, 0) is 12.8 Å². The van der Waals surface area contributed by atoms with Gasteiger partial charge >= 0.3 is 6.18 Å². The van der Waals surface area contributed by atoms with E-state index in [0.717, 1.165) is 23.8 Å². The van der Waals surface area contributed by atoms with Crippen LogP contribution in [0.5, 0.6) is 0 Å². The number of benzene rings is 2. The topological polar surface area (TPSA) is 0 Å². The minimum absolute atomic E-state index is 0.0716. The highest BCUT2D eigenvalue weighted by Crippen LogP contribution is 2.40. The van der Waals surface area contributed by atoms with Crippen LogP contribution in [0, 0.1) is 0 Å². The molecule has 3 rings (SSSR count). The van der Waals surface area contributed by atoms with Gasteiger partial charge in [0.1, 0.15) is 0 Å². The minimum Gasteiger partial charge on any atom is -0.171 e. The van der Waals surface area contributed by atoms with Gasteiger partial charge in [0, 0.05) is 11.2 Å². The number of hydrogen-bond acceptors (Lipinski definition) is 0. The molecule has 1 aliphatic rings. The van der Waals surface area contributed by atoms with Gasteiger partial charge in [0.2, 0.25) is 0 Å². The summed E-state index contributed by atoms with van der Waals surface area (Å²) >= 11 is 3.43. The van der Waals surface area contributed by atoms with Crippen LogP contribution in [-0.4, -0.2) is 6.18 Å². The number of alkyl halides is 4. The summed E-state index contributed by atoms with van der Waals surface area (Å²) in [6.07, 6.45) is -2.72. The SMILES string of the molecule is FC(F)(F)CCC(Br)c1ccc2c3c(cccc13)CC2. The molecule has 0 aliphatic heterocycles. The van der Waals surface area contributed by atoms with Gasteiger partial charge in [-0.15, -0.1) is 0 Å². The van der Waals surface area contributed by atoms with Crippen LogP contribution in [0.4, 0.5) is 13.2 Å². The summed E-state index contributed by atoms with van der Waals surface area (Å²) < 4.78 is 37.1. The Hall–Kier alpha value is -1.03. The summed E-state index contributed by atoms with van der Waals surface area (Å²) in [6.45, 7) is 0. The van der Waals surface area contributed by atoms with Crippen molar-refractivity contribution in [2.24, 2.45) is 0 Å². The highest BCUT2D eigenvalue weighted by Gasteiger charge is 2.28. The fraction of sp³-hybridized carbons (Fsp3) is 0.375. The van der Waals surface area contributed by atoms with E-state index in [1.165, 1.54) is 16.5 Å². The van der Waals surface area contributed by atoms with Crippen molar-refractivity contribution in [3.63, 3.8) is 0 Å². The Morgan fingerprint density at radius 1 is 1.05 bits per heavy atom. The van der Waals surface area contributed by atoms with Gasteiger partial charge in [-0.05, 0) is 46.7 Å². The summed E-state index contributed by atoms with van der Waals surface area (Å²) in [5, 5.41) is 2.35. The lowest BCUT2D eigenvalue weighted by Crippen LogP contribution is -2.08. The number of aryl methyl sites for hydroxylation is 2. The fourth-order valence-corrected chi connectivity index (χ4v) is 3.62. The summed E-state index contributed by atoms with van der Waals surface area (Å²) in [6, 6.07) is 10.2. The van der Waals surface area contributed by atoms with Gasteiger partial charge in [0.15, 0.2) is 0 Å². The highest BCUT2D eigenvalue weighted by atomic mass is 79.9. The molecule has 0 N–H and O–H groups in total. The molecular weight excluding hydrogens is 329 g/mol. The van der Waals surface area contributed by atoms with Gasteiger partial charge in [0.25, 0.3) is 0 Å². The molecule has 2 aromatic carbocycles. The molecule has 2 aromatic rings. The Bertz CT molecular complexity index is 636. The second kappa shape index (κ2) is 5.06. The van der Waals surface area contributed by atoms with Gasteiger partial charge in [-0.2, -0.15) is 13.2 Å². The van der Waals surface area contributed by atoms with Gasteiger partial charge < -0.3 is 0 Å². The molecule has 0 radical (unpaired) electrons. The molecule has 1 unspecified atom stereocenters. The summed E-state index contributed by atoms with van der Waals surface area (Å²) in [5.41, 5.74) is 3.60. The zero-order valence-electron chi connectivity index (χ0n) is 10.8. The van der Waals surface area contributed by atoms with Crippen LogP contribution < -0.4 is 0 Å². The Morgan fingerprint density at radius 3 is 2.45 bits per heavy atom. The van der Waals surface area contributed by atoms with Crippen LogP contribution in [0.25, 0.3) is 10.8 Å². The molecule has 4 heteroatoms. The highest BCUT2D eigenvalue weighted by molar-refractivity contribution is 9.09. The summed E-state index contributed by atoms with van der Waals surface area (Å²) in [4.78, 5) is -0.256. The molecule has 1 aliphatic carbocycles. The number of halogens is 4. The quantitative estimate of drug-likeness (QED) is 0.626. The third-order valence-corrected chi connectivity index (χ3v) is 4.88. The molecule has 1 atom stereocenters. The van der Waals surface area contributed by atoms with Gasteiger partial charge in [0.05, 0.1) is 0 Å². The Labute approximate surface area is 124 Å². The molecule has 0 aromatic heterocycles. The Morgan fingerprint density at radius 2 is 1.75 bits per heavy atom. The monoisotopic (exact) mass is 342 g/mol. The predicted molar refractivity (Wildman–Crippen MR) is 78.3 cm³/mol. The second-order valence-electron chi connectivity index (χ2n) is 5.27. The van der Waals surface area contributed by atoms with Crippen molar-refractivity contribution in [2.45, 2.75) is 36.7 Å². The average Bonchev–Trinajstić information content (AvgIpc) is 2.81. The molecule has 0 nitrogen and oxygen atoms in total. The van der Waals surface area contributed by atoms with Crippen molar-refractivity contribution >= 4 is 26.7 Å². The van der Waals surface area contributed by atoms with E-state index in [2.05, 4.69) is 28.1 Å². The van der Waals surface area contributed by atoms with Crippen molar-refractivity contribution in [2.75, 3.05) is 0 Å². The van der Waals surface area contributed by atoms with E-state index >= 15 is 0 Å². The molecule has 0 saturated carbocycles. The van der Waals surface area contributed by atoms with Crippen LogP contribution in [0.15, 0.2) is 30.3 Å². The van der Waals surface area contributed by atoms with Crippen LogP contribution in [0.2, 0.25) is 0 Å². The second-order valence-corrected chi connectivity index (χ2v) is 6.38. The van der Waals surface area contributed by atoms with Gasteiger partial charge in [-0.25, -0.2) is 0 Å². The standard InChI is InChI=1S/C16H14BrF3/c17-14(8-9-16(18,19)20)12-7-6-11-5-4-10-2-1-3-13(12)15(10)11/h1-3,6-7,14H,4-5,8-9H2. The largest absolute Gasteiger partial charge is 0.389 e. The molecule has 20 heavy (non-hydrogen) atoms. The fourth-order valence-electron chi connectivity index (χ4n) is 2.99. The maximum atomic E-state index is 12.4. The van der Waals surface area contributed by atoms with Crippen LogP contribution >= 0.6 is 15.9 Å². The Balaban J connectivity index is 1.97. The molecule has 0 fully saturated rings. The lowest BCUT2D eigenvalue weighted by atomic mass is 9.96. The third kappa shape index (κ3) is 2.58. The average molecular weight is 343 g/mol. The lowest BCUT2D eigenvalue weighted by molar-refractivity contribution is -0.135. The Kier molecular flexibility index (Phi) is 3.53. The molecule has 0 saturated heterocycles. The van der Waals surface area contributed by atoms with Crippen molar-refractivity contribution < 1.29 is 13.2 Å². The van der Waals surface area contributed by atoms with Gasteiger partial charge in [-0.3, -0.25) is 0 Å². The van der Waals surface area contributed by atoms with Crippen LogP contribution in [0.1, 0.15) is 34.4 Å². The smallest absolute Gasteiger partial charge is 0.171 e. The number of rotatable bonds is 3. The zero-order chi connectivity index (χ0) is 14.3. The van der Waals surface area contributed by atoms with E-state index in [1.54, 1.807) is 0 Å². The normalized spacial score (nSPS) is 15.8. The van der Waals surface area contributed by atoms with E-state index < -0.39 is 12.6 Å². The first kappa shape index (κ1) is 13.9. The first-order valence-corrected chi connectivity index (χ1v) is 7.61. The minimum atomic E-state index is -4.10. The summed E-state index contributed by atoms with van der Waals surface area (Å²) in [7, 11) is 0. The molecule has 0 bridgehead atoms. The van der Waals surface area contributed by atoms with E-state index in [-0.39, 0.29) is 11.2 Å². The molecule has 106 valence electrons. The molecule has 0 heterocycles. The van der Waals surface area contributed by atoms with Crippen molar-refractivity contribution in [3.8, 4) is 0 Å². The maximum absolute atomic E-state index is 12.4. The zero-order valence-corrected chi connectivity index (χ0v) is 12.4. The predicted octanol–water partition coefficient (Wildman–Crippen LogP) is 5.72. The first-order valence-electron chi connectivity index (χ1n) is 6.70. The maximum Gasteiger partial charge on any atom is 0.389 e. The van der Waals surface area contributed by atoms with Crippen LogP contribution in [0.3, 0.4) is 0 Å². The van der Waals surface area contributed by atoms with E-state index in [1.807, 2.05) is 18.2 Å². The van der Waals surface area contributed by atoms with Crippen molar-refractivity contribution in [1.82, 2.24) is 0 Å². The molecule has 0 amide bonds. The number of hydrogen-bond donors (Lipinski definition) is 0. The first-order chi connectivity index (χ1) is 9.46.